The van der Waals surface area contributed by atoms with E-state index in [0.29, 0.717) is 6.61 Å². The van der Waals surface area contributed by atoms with Crippen LogP contribution in [0.25, 0.3) is 0 Å². The molecule has 364 valence electrons. The van der Waals surface area contributed by atoms with Crippen LogP contribution >= 0.6 is 7.82 Å². The third-order valence-electron chi connectivity index (χ3n) is 11.7. The highest BCUT2D eigenvalue weighted by Crippen LogP contribution is 2.43. The second kappa shape index (κ2) is 48.7. The Morgan fingerprint density at radius 2 is 0.836 bits per heavy atom. The van der Waals surface area contributed by atoms with Gasteiger partial charge in [-0.15, -0.1) is 0 Å². The van der Waals surface area contributed by atoms with Crippen LogP contribution in [0.5, 0.6) is 0 Å². The fourth-order valence-corrected chi connectivity index (χ4v) is 8.50. The summed E-state index contributed by atoms with van der Waals surface area (Å²) >= 11 is 0. The number of aliphatic hydroxyl groups is 2. The van der Waals surface area contributed by atoms with Gasteiger partial charge in [-0.25, -0.2) is 4.57 Å². The van der Waals surface area contributed by atoms with E-state index < -0.39 is 33.2 Å². The number of phosphoric acid groups is 1. The van der Waals surface area contributed by atoms with Crippen LogP contribution in [0.4, 0.5) is 0 Å². The molecular weight excluding hydrogens is 788 g/mol. The first-order chi connectivity index (χ1) is 29.8. The summed E-state index contributed by atoms with van der Waals surface area (Å²) in [7, 11) is -4.52. The van der Waals surface area contributed by atoms with Crippen LogP contribution in [-0.2, 0) is 27.9 Å². The topological polar surface area (TPSA) is 132 Å². The minimum Gasteiger partial charge on any atom is -0.457 e. The van der Waals surface area contributed by atoms with Gasteiger partial charge in [-0.05, 0) is 38.5 Å². The SMILES string of the molecule is CCCCCCCCCC/C=C\CCCCCCCCCCCCCCOCC(COP(=O)(O)OCC(O)CO)OC(=O)CCCCCCCCCCCCCCCCCC. The van der Waals surface area contributed by atoms with Crippen molar-refractivity contribution in [3.63, 3.8) is 0 Å². The van der Waals surface area contributed by atoms with Crippen LogP contribution in [0, 0.1) is 0 Å². The van der Waals surface area contributed by atoms with Gasteiger partial charge in [0.1, 0.15) is 12.2 Å². The number of aliphatic hydroxyl groups excluding tert-OH is 2. The molecule has 3 atom stereocenters. The Bertz CT molecular complexity index is 964. The Morgan fingerprint density at radius 3 is 1.23 bits per heavy atom. The number of phosphoric ester groups is 1. The van der Waals surface area contributed by atoms with E-state index >= 15 is 0 Å². The van der Waals surface area contributed by atoms with Gasteiger partial charge in [0.2, 0.25) is 0 Å². The Hall–Kier alpha value is -0.800. The third-order valence-corrected chi connectivity index (χ3v) is 12.7. The van der Waals surface area contributed by atoms with Crippen molar-refractivity contribution in [2.24, 2.45) is 0 Å². The van der Waals surface area contributed by atoms with Crippen LogP contribution in [0.3, 0.4) is 0 Å². The number of allylic oxidation sites excluding steroid dienone is 2. The summed E-state index contributed by atoms with van der Waals surface area (Å²) in [5.41, 5.74) is 0. The molecular formula is C51H101O9P. The van der Waals surface area contributed by atoms with Gasteiger partial charge >= 0.3 is 13.8 Å². The van der Waals surface area contributed by atoms with Crippen LogP contribution in [0.1, 0.15) is 264 Å². The molecule has 0 aliphatic rings. The smallest absolute Gasteiger partial charge is 0.457 e. The molecule has 0 amide bonds. The lowest BCUT2D eigenvalue weighted by atomic mass is 10.0. The molecule has 0 radical (unpaired) electrons. The standard InChI is InChI=1S/C51H101O9P/c1-3-5-7-9-11-13-15-17-19-21-22-23-24-25-26-27-28-30-32-34-36-38-40-42-44-57-47-50(48-59-61(55,56)58-46-49(53)45-52)60-51(54)43-41-39-37-35-33-31-29-20-18-16-14-12-10-8-6-4-2/h21-22,49-50,52-53H,3-20,23-48H2,1-2H3,(H,55,56)/b22-21-. The fourth-order valence-electron chi connectivity index (χ4n) is 7.71. The van der Waals surface area contributed by atoms with E-state index in [-0.39, 0.29) is 25.6 Å². The minimum absolute atomic E-state index is 0.0556. The lowest BCUT2D eigenvalue weighted by molar-refractivity contribution is -0.154. The van der Waals surface area contributed by atoms with Gasteiger partial charge < -0.3 is 24.6 Å². The maximum Gasteiger partial charge on any atom is 0.472 e. The average Bonchev–Trinajstić information content (AvgIpc) is 3.25. The number of rotatable bonds is 51. The number of hydrogen-bond donors (Lipinski definition) is 3. The number of unbranched alkanes of at least 4 members (excludes halogenated alkanes) is 35. The van der Waals surface area contributed by atoms with Crippen molar-refractivity contribution >= 4 is 13.8 Å². The van der Waals surface area contributed by atoms with Crippen LogP contribution in [-0.4, -0.2) is 66.3 Å². The molecule has 0 aromatic rings. The first-order valence-corrected chi connectivity index (χ1v) is 27.7. The maximum absolute atomic E-state index is 12.7. The lowest BCUT2D eigenvalue weighted by Gasteiger charge is -2.20. The zero-order valence-corrected chi connectivity index (χ0v) is 41.1. The summed E-state index contributed by atoms with van der Waals surface area (Å²) < 4.78 is 33.5. The first kappa shape index (κ1) is 60.2. The Labute approximate surface area is 377 Å². The Morgan fingerprint density at radius 1 is 0.492 bits per heavy atom. The van der Waals surface area contributed by atoms with Gasteiger partial charge in [-0.2, -0.15) is 0 Å². The fraction of sp³-hybridized carbons (Fsp3) is 0.941. The first-order valence-electron chi connectivity index (χ1n) is 26.2. The zero-order valence-electron chi connectivity index (χ0n) is 40.2. The monoisotopic (exact) mass is 889 g/mol. The predicted octanol–water partition coefficient (Wildman–Crippen LogP) is 15.2. The van der Waals surface area contributed by atoms with E-state index in [2.05, 4.69) is 26.0 Å². The summed E-state index contributed by atoms with van der Waals surface area (Å²) in [6.07, 6.45) is 51.8. The van der Waals surface area contributed by atoms with Crippen molar-refractivity contribution in [3.8, 4) is 0 Å². The highest BCUT2D eigenvalue weighted by Gasteiger charge is 2.26. The van der Waals surface area contributed by atoms with Gasteiger partial charge in [0.05, 0.1) is 26.4 Å². The summed E-state index contributed by atoms with van der Waals surface area (Å²) in [6.45, 7) is 3.58. The molecule has 61 heavy (non-hydrogen) atoms. The minimum atomic E-state index is -4.52. The number of esters is 1. The van der Waals surface area contributed by atoms with Gasteiger partial charge in [0.15, 0.2) is 0 Å². The molecule has 0 bridgehead atoms. The lowest BCUT2D eigenvalue weighted by Crippen LogP contribution is -2.29. The molecule has 0 aliphatic carbocycles. The average molecular weight is 889 g/mol. The molecule has 3 N–H and O–H groups in total. The second-order valence-corrected chi connectivity index (χ2v) is 19.4. The quantitative estimate of drug-likeness (QED) is 0.0236. The number of carbonyl (C=O) groups excluding carboxylic acids is 1. The zero-order chi connectivity index (χ0) is 44.6. The van der Waals surface area contributed by atoms with Crippen molar-refractivity contribution in [3.05, 3.63) is 12.2 Å². The highest BCUT2D eigenvalue weighted by molar-refractivity contribution is 7.47. The van der Waals surface area contributed by atoms with Gasteiger partial charge in [0.25, 0.3) is 0 Å². The Kier molecular flexibility index (Phi) is 48.0. The van der Waals surface area contributed by atoms with Crippen molar-refractivity contribution < 1.29 is 43.0 Å². The van der Waals surface area contributed by atoms with E-state index in [1.54, 1.807) is 0 Å². The van der Waals surface area contributed by atoms with Crippen LogP contribution < -0.4 is 0 Å². The molecule has 0 spiro atoms. The van der Waals surface area contributed by atoms with Gasteiger partial charge in [-0.3, -0.25) is 13.8 Å². The molecule has 10 heteroatoms. The molecule has 0 heterocycles. The van der Waals surface area contributed by atoms with Crippen LogP contribution in [0.2, 0.25) is 0 Å². The molecule has 0 aliphatic heterocycles. The summed E-state index contributed by atoms with van der Waals surface area (Å²) in [4.78, 5) is 22.7. The molecule has 0 saturated carbocycles. The van der Waals surface area contributed by atoms with E-state index in [1.807, 2.05) is 0 Å². The maximum atomic E-state index is 12.7. The molecule has 0 aromatic carbocycles. The number of carbonyl (C=O) groups is 1. The Balaban J connectivity index is 3.99. The normalized spacial score (nSPS) is 13.9. The van der Waals surface area contributed by atoms with Gasteiger partial charge in [0, 0.05) is 13.0 Å². The summed E-state index contributed by atoms with van der Waals surface area (Å²) in [6, 6.07) is 0. The van der Waals surface area contributed by atoms with Crippen molar-refractivity contribution in [1.82, 2.24) is 0 Å². The summed E-state index contributed by atoms with van der Waals surface area (Å²) in [5, 5.41) is 18.4. The van der Waals surface area contributed by atoms with Gasteiger partial charge in [-0.1, -0.05) is 231 Å². The molecule has 0 aromatic heterocycles. The van der Waals surface area contributed by atoms with E-state index in [9.17, 15) is 19.4 Å². The second-order valence-electron chi connectivity index (χ2n) is 17.9. The van der Waals surface area contributed by atoms with Crippen molar-refractivity contribution in [2.45, 2.75) is 276 Å². The van der Waals surface area contributed by atoms with E-state index in [0.717, 1.165) is 32.1 Å². The molecule has 0 saturated heterocycles. The number of ether oxygens (including phenoxy) is 2. The van der Waals surface area contributed by atoms with Crippen molar-refractivity contribution in [1.29, 1.82) is 0 Å². The number of hydrogen-bond acceptors (Lipinski definition) is 8. The molecule has 3 unspecified atom stereocenters. The third kappa shape index (κ3) is 48.5. The largest absolute Gasteiger partial charge is 0.472 e. The summed E-state index contributed by atoms with van der Waals surface area (Å²) in [5.74, 6) is -0.376. The molecule has 0 rings (SSSR count). The van der Waals surface area contributed by atoms with E-state index in [4.69, 9.17) is 23.6 Å². The highest BCUT2D eigenvalue weighted by atomic mass is 31.2. The van der Waals surface area contributed by atoms with Crippen LogP contribution in [0.15, 0.2) is 12.2 Å². The van der Waals surface area contributed by atoms with E-state index in [1.165, 1.54) is 212 Å². The molecule has 0 fully saturated rings. The predicted molar refractivity (Wildman–Crippen MR) is 256 cm³/mol. The molecule has 9 nitrogen and oxygen atoms in total. The van der Waals surface area contributed by atoms with Crippen molar-refractivity contribution in [2.75, 3.05) is 33.0 Å².